The molecule has 4 heteroatoms. The normalized spacial score (nSPS) is 26.9. The maximum Gasteiger partial charge on any atom is 0.410 e. The summed E-state index contributed by atoms with van der Waals surface area (Å²) in [7, 11) is 0. The number of aliphatic hydroxyl groups excluding tert-OH is 1. The molecule has 1 saturated heterocycles. The monoisotopic (exact) mass is 257 g/mol. The average Bonchev–Trinajstić information content (AvgIpc) is 2.13. The van der Waals surface area contributed by atoms with Crippen LogP contribution in [0.5, 0.6) is 0 Å². The molecule has 106 valence electrons. The van der Waals surface area contributed by atoms with Crippen molar-refractivity contribution in [3.05, 3.63) is 0 Å². The summed E-state index contributed by atoms with van der Waals surface area (Å²) in [5.74, 6) is 0. The van der Waals surface area contributed by atoms with Crippen molar-refractivity contribution >= 4 is 6.09 Å². The van der Waals surface area contributed by atoms with E-state index in [-0.39, 0.29) is 24.3 Å². The van der Waals surface area contributed by atoms with E-state index in [9.17, 15) is 9.90 Å². The Labute approximate surface area is 110 Å². The van der Waals surface area contributed by atoms with Gasteiger partial charge in [0.2, 0.25) is 0 Å². The lowest BCUT2D eigenvalue weighted by Gasteiger charge is -2.41. The standard InChI is InChI=1S/C14H27NO3/c1-10-7-6-8-12(9-11(2)16)15(10)13(17)18-14(3,4)5/h10-12,16H,6-9H2,1-5H3. The van der Waals surface area contributed by atoms with E-state index in [1.165, 1.54) is 0 Å². The Morgan fingerprint density at radius 1 is 1.44 bits per heavy atom. The Morgan fingerprint density at radius 3 is 2.56 bits per heavy atom. The van der Waals surface area contributed by atoms with Crippen LogP contribution in [0.25, 0.3) is 0 Å². The zero-order chi connectivity index (χ0) is 13.9. The minimum Gasteiger partial charge on any atom is -0.444 e. The van der Waals surface area contributed by atoms with Crippen molar-refractivity contribution in [3.8, 4) is 0 Å². The third-order valence-electron chi connectivity index (χ3n) is 3.25. The first-order chi connectivity index (χ1) is 8.20. The molecule has 3 unspecified atom stereocenters. The van der Waals surface area contributed by atoms with Crippen LogP contribution in [0.2, 0.25) is 0 Å². The van der Waals surface area contributed by atoms with E-state index in [4.69, 9.17) is 4.74 Å². The van der Waals surface area contributed by atoms with Gasteiger partial charge in [0.25, 0.3) is 0 Å². The quantitative estimate of drug-likeness (QED) is 0.827. The van der Waals surface area contributed by atoms with E-state index in [0.29, 0.717) is 6.42 Å². The summed E-state index contributed by atoms with van der Waals surface area (Å²) in [5.41, 5.74) is -0.469. The van der Waals surface area contributed by atoms with Crippen molar-refractivity contribution in [3.63, 3.8) is 0 Å². The fourth-order valence-electron chi connectivity index (χ4n) is 2.56. The molecule has 0 spiro atoms. The number of likely N-dealkylation sites (tertiary alicyclic amines) is 1. The molecule has 0 radical (unpaired) electrons. The number of carbonyl (C=O) groups excluding carboxylic acids is 1. The number of nitrogens with zero attached hydrogens (tertiary/aromatic N) is 1. The summed E-state index contributed by atoms with van der Waals surface area (Å²) in [4.78, 5) is 14.1. The van der Waals surface area contributed by atoms with Gasteiger partial charge in [0.15, 0.2) is 0 Å². The molecule has 1 aliphatic rings. The molecule has 1 fully saturated rings. The summed E-state index contributed by atoms with van der Waals surface area (Å²) >= 11 is 0. The van der Waals surface area contributed by atoms with E-state index in [1.54, 1.807) is 6.92 Å². The highest BCUT2D eigenvalue weighted by atomic mass is 16.6. The van der Waals surface area contributed by atoms with Gasteiger partial charge in [0.1, 0.15) is 5.60 Å². The molecule has 3 atom stereocenters. The first kappa shape index (κ1) is 15.3. The first-order valence-electron chi connectivity index (χ1n) is 6.90. The van der Waals surface area contributed by atoms with Gasteiger partial charge in [-0.05, 0) is 60.3 Å². The summed E-state index contributed by atoms with van der Waals surface area (Å²) in [6.45, 7) is 9.46. The van der Waals surface area contributed by atoms with Gasteiger partial charge in [-0.1, -0.05) is 0 Å². The molecule has 18 heavy (non-hydrogen) atoms. The molecule has 0 saturated carbocycles. The predicted octanol–water partition coefficient (Wildman–Crippen LogP) is 2.94. The van der Waals surface area contributed by atoms with Gasteiger partial charge in [-0.2, -0.15) is 0 Å². The van der Waals surface area contributed by atoms with Crippen LogP contribution in [0.1, 0.15) is 60.3 Å². The number of piperidine rings is 1. The van der Waals surface area contributed by atoms with Crippen molar-refractivity contribution in [2.75, 3.05) is 0 Å². The van der Waals surface area contributed by atoms with Gasteiger partial charge in [0.05, 0.1) is 6.10 Å². The number of aliphatic hydroxyl groups is 1. The highest BCUT2D eigenvalue weighted by Gasteiger charge is 2.35. The van der Waals surface area contributed by atoms with Gasteiger partial charge >= 0.3 is 6.09 Å². The van der Waals surface area contributed by atoms with Crippen LogP contribution < -0.4 is 0 Å². The summed E-state index contributed by atoms with van der Waals surface area (Å²) in [5, 5.41) is 9.54. The Hall–Kier alpha value is -0.770. The van der Waals surface area contributed by atoms with Crippen LogP contribution in [0, 0.1) is 0 Å². The number of carbonyl (C=O) groups is 1. The fourth-order valence-corrected chi connectivity index (χ4v) is 2.56. The van der Waals surface area contributed by atoms with E-state index in [2.05, 4.69) is 6.92 Å². The third kappa shape index (κ3) is 4.48. The number of rotatable bonds is 2. The van der Waals surface area contributed by atoms with E-state index >= 15 is 0 Å². The van der Waals surface area contributed by atoms with Crippen LogP contribution >= 0.6 is 0 Å². The second kappa shape index (κ2) is 5.91. The zero-order valence-electron chi connectivity index (χ0n) is 12.3. The van der Waals surface area contributed by atoms with E-state index in [1.807, 2.05) is 25.7 Å². The highest BCUT2D eigenvalue weighted by Crippen LogP contribution is 2.27. The van der Waals surface area contributed by atoms with Crippen LogP contribution in [0.3, 0.4) is 0 Å². The molecule has 0 bridgehead atoms. The Kier molecular flexibility index (Phi) is 5.02. The number of hydrogen-bond donors (Lipinski definition) is 1. The minimum absolute atomic E-state index is 0.101. The minimum atomic E-state index is -0.469. The fraction of sp³-hybridized carbons (Fsp3) is 0.929. The van der Waals surface area contributed by atoms with Crippen LogP contribution in [-0.2, 0) is 4.74 Å². The van der Waals surface area contributed by atoms with Gasteiger partial charge in [-0.25, -0.2) is 4.79 Å². The number of hydrogen-bond acceptors (Lipinski definition) is 3. The molecule has 0 aromatic heterocycles. The van der Waals surface area contributed by atoms with Crippen LogP contribution in [0.4, 0.5) is 4.79 Å². The lowest BCUT2D eigenvalue weighted by atomic mass is 9.93. The SMILES string of the molecule is CC(O)CC1CCCC(C)N1C(=O)OC(C)(C)C. The molecular formula is C14H27NO3. The Balaban J connectivity index is 2.74. The molecule has 1 heterocycles. The molecule has 1 amide bonds. The second-order valence-corrected chi connectivity index (χ2v) is 6.41. The second-order valence-electron chi connectivity index (χ2n) is 6.41. The number of ether oxygens (including phenoxy) is 1. The van der Waals surface area contributed by atoms with Gasteiger partial charge < -0.3 is 14.7 Å². The molecule has 1 rings (SSSR count). The molecule has 0 aliphatic carbocycles. The number of amides is 1. The van der Waals surface area contributed by atoms with Crippen LogP contribution in [0.15, 0.2) is 0 Å². The van der Waals surface area contributed by atoms with Crippen molar-refractivity contribution in [1.29, 1.82) is 0 Å². The summed E-state index contributed by atoms with van der Waals surface area (Å²) in [6, 6.07) is 0.293. The summed E-state index contributed by atoms with van der Waals surface area (Å²) < 4.78 is 5.46. The van der Waals surface area contributed by atoms with Crippen molar-refractivity contribution in [1.82, 2.24) is 4.90 Å². The van der Waals surface area contributed by atoms with Crippen molar-refractivity contribution < 1.29 is 14.6 Å². The van der Waals surface area contributed by atoms with Crippen molar-refractivity contribution in [2.24, 2.45) is 0 Å². The highest BCUT2D eigenvalue weighted by molar-refractivity contribution is 5.69. The Morgan fingerprint density at radius 2 is 2.06 bits per heavy atom. The lowest BCUT2D eigenvalue weighted by molar-refractivity contribution is -0.00988. The molecule has 4 nitrogen and oxygen atoms in total. The zero-order valence-corrected chi connectivity index (χ0v) is 12.3. The smallest absolute Gasteiger partial charge is 0.410 e. The van der Waals surface area contributed by atoms with E-state index < -0.39 is 5.60 Å². The first-order valence-corrected chi connectivity index (χ1v) is 6.90. The molecule has 1 aliphatic heterocycles. The summed E-state index contributed by atoms with van der Waals surface area (Å²) in [6.07, 6.45) is 3.07. The average molecular weight is 257 g/mol. The topological polar surface area (TPSA) is 49.8 Å². The van der Waals surface area contributed by atoms with Crippen molar-refractivity contribution in [2.45, 2.75) is 84.1 Å². The largest absolute Gasteiger partial charge is 0.444 e. The molecule has 0 aromatic carbocycles. The maximum absolute atomic E-state index is 12.2. The van der Waals surface area contributed by atoms with Crippen LogP contribution in [-0.4, -0.2) is 39.9 Å². The third-order valence-corrected chi connectivity index (χ3v) is 3.25. The predicted molar refractivity (Wildman–Crippen MR) is 71.5 cm³/mol. The molecule has 1 N–H and O–H groups in total. The molecular weight excluding hydrogens is 230 g/mol. The van der Waals surface area contributed by atoms with E-state index in [0.717, 1.165) is 19.3 Å². The lowest BCUT2D eigenvalue weighted by Crippen LogP contribution is -2.51. The maximum atomic E-state index is 12.2. The Bertz CT molecular complexity index is 283. The van der Waals surface area contributed by atoms with Gasteiger partial charge in [-0.3, -0.25) is 0 Å². The van der Waals surface area contributed by atoms with Gasteiger partial charge in [-0.15, -0.1) is 0 Å². The van der Waals surface area contributed by atoms with Gasteiger partial charge in [0, 0.05) is 12.1 Å². The molecule has 0 aromatic rings.